The first kappa shape index (κ1) is 17.1. The van der Waals surface area contributed by atoms with Crippen molar-refractivity contribution in [3.05, 3.63) is 69.9 Å². The molecule has 0 aliphatic carbocycles. The summed E-state index contributed by atoms with van der Waals surface area (Å²) >= 11 is 3.31. The number of benzene rings is 2. The lowest BCUT2D eigenvalue weighted by Crippen LogP contribution is -2.37. The number of nitrogens with zero attached hydrogens (tertiary/aromatic N) is 1. The van der Waals surface area contributed by atoms with Crippen LogP contribution in [0.4, 0.5) is 4.39 Å². The predicted molar refractivity (Wildman–Crippen MR) is 94.3 cm³/mol. The zero-order valence-corrected chi connectivity index (χ0v) is 14.8. The van der Waals surface area contributed by atoms with Crippen LogP contribution < -0.4 is 0 Å². The van der Waals surface area contributed by atoms with Crippen molar-refractivity contribution in [3.63, 3.8) is 0 Å². The molecule has 126 valence electrons. The first-order chi connectivity index (χ1) is 11.6. The molecule has 1 atom stereocenters. The number of halogens is 2. The van der Waals surface area contributed by atoms with Crippen LogP contribution in [-0.2, 0) is 11.3 Å². The minimum absolute atomic E-state index is 0.0212. The second-order valence-corrected chi connectivity index (χ2v) is 6.85. The molecule has 1 amide bonds. The van der Waals surface area contributed by atoms with Crippen LogP contribution in [0.15, 0.2) is 53.0 Å². The highest BCUT2D eigenvalue weighted by atomic mass is 79.9. The first-order valence-corrected chi connectivity index (χ1v) is 8.82. The molecule has 0 bridgehead atoms. The molecule has 0 saturated carbocycles. The molecule has 5 heteroatoms. The largest absolute Gasteiger partial charge is 0.376 e. The summed E-state index contributed by atoms with van der Waals surface area (Å²) < 4.78 is 20.5. The fraction of sp³-hybridized carbons (Fsp3) is 0.316. The Labute approximate surface area is 149 Å². The SMILES string of the molecule is O=C(c1cc(Br)ccc1F)N(Cc1ccccc1)CC1CCCO1. The number of hydrogen-bond donors (Lipinski definition) is 0. The molecule has 2 aromatic rings. The number of carbonyl (C=O) groups excluding carboxylic acids is 1. The molecular weight excluding hydrogens is 373 g/mol. The lowest BCUT2D eigenvalue weighted by Gasteiger charge is -2.26. The summed E-state index contributed by atoms with van der Waals surface area (Å²) in [6.07, 6.45) is 1.95. The van der Waals surface area contributed by atoms with Crippen LogP contribution in [0.2, 0.25) is 0 Å². The van der Waals surface area contributed by atoms with Crippen molar-refractivity contribution in [3.8, 4) is 0 Å². The van der Waals surface area contributed by atoms with E-state index in [9.17, 15) is 9.18 Å². The Morgan fingerprint density at radius 3 is 2.75 bits per heavy atom. The van der Waals surface area contributed by atoms with E-state index in [0.717, 1.165) is 25.0 Å². The molecule has 1 aliphatic rings. The normalized spacial score (nSPS) is 17.0. The first-order valence-electron chi connectivity index (χ1n) is 8.03. The molecular formula is C19H19BrFNO2. The molecule has 24 heavy (non-hydrogen) atoms. The molecule has 0 radical (unpaired) electrons. The van der Waals surface area contributed by atoms with Gasteiger partial charge in [-0.05, 0) is 36.6 Å². The van der Waals surface area contributed by atoms with Gasteiger partial charge in [0.2, 0.25) is 0 Å². The Morgan fingerprint density at radius 2 is 2.04 bits per heavy atom. The van der Waals surface area contributed by atoms with Crippen molar-refractivity contribution >= 4 is 21.8 Å². The molecule has 2 aromatic carbocycles. The van der Waals surface area contributed by atoms with Gasteiger partial charge >= 0.3 is 0 Å². The Hall–Kier alpha value is -1.72. The van der Waals surface area contributed by atoms with Crippen LogP contribution in [0.5, 0.6) is 0 Å². The Bertz CT molecular complexity index is 702. The van der Waals surface area contributed by atoms with Gasteiger partial charge in [0.15, 0.2) is 0 Å². The predicted octanol–water partition coefficient (Wildman–Crippen LogP) is 4.41. The third-order valence-corrected chi connectivity index (χ3v) is 4.60. The minimum Gasteiger partial charge on any atom is -0.376 e. The van der Waals surface area contributed by atoms with Crippen molar-refractivity contribution in [1.82, 2.24) is 4.90 Å². The van der Waals surface area contributed by atoms with E-state index < -0.39 is 5.82 Å². The van der Waals surface area contributed by atoms with Gasteiger partial charge in [0.25, 0.3) is 5.91 Å². The number of ether oxygens (including phenoxy) is 1. The van der Waals surface area contributed by atoms with E-state index in [-0.39, 0.29) is 17.6 Å². The van der Waals surface area contributed by atoms with E-state index in [2.05, 4.69) is 15.9 Å². The Kier molecular flexibility index (Phi) is 5.63. The van der Waals surface area contributed by atoms with Crippen LogP contribution in [-0.4, -0.2) is 30.1 Å². The molecule has 1 saturated heterocycles. The number of hydrogen-bond acceptors (Lipinski definition) is 2. The average molecular weight is 392 g/mol. The summed E-state index contributed by atoms with van der Waals surface area (Å²) in [6, 6.07) is 14.2. The molecule has 3 rings (SSSR count). The van der Waals surface area contributed by atoms with Gasteiger partial charge in [-0.3, -0.25) is 4.79 Å². The van der Waals surface area contributed by atoms with Gasteiger partial charge in [-0.25, -0.2) is 4.39 Å². The summed E-state index contributed by atoms with van der Waals surface area (Å²) in [5.41, 5.74) is 1.09. The van der Waals surface area contributed by atoms with Crippen LogP contribution >= 0.6 is 15.9 Å². The third-order valence-electron chi connectivity index (χ3n) is 4.11. The van der Waals surface area contributed by atoms with E-state index in [1.807, 2.05) is 30.3 Å². The number of amides is 1. The average Bonchev–Trinajstić information content (AvgIpc) is 3.10. The number of carbonyl (C=O) groups is 1. The lowest BCUT2D eigenvalue weighted by molar-refractivity contribution is 0.0503. The second kappa shape index (κ2) is 7.90. The van der Waals surface area contributed by atoms with Crippen molar-refractivity contribution in [2.45, 2.75) is 25.5 Å². The van der Waals surface area contributed by atoms with Crippen LogP contribution in [0, 0.1) is 5.82 Å². The molecule has 0 spiro atoms. The van der Waals surface area contributed by atoms with Crippen LogP contribution in [0.3, 0.4) is 0 Å². The Morgan fingerprint density at radius 1 is 1.25 bits per heavy atom. The van der Waals surface area contributed by atoms with Gasteiger partial charge in [-0.1, -0.05) is 46.3 Å². The fourth-order valence-electron chi connectivity index (χ4n) is 2.89. The maximum absolute atomic E-state index is 14.1. The topological polar surface area (TPSA) is 29.5 Å². The van der Waals surface area contributed by atoms with E-state index in [4.69, 9.17) is 4.74 Å². The van der Waals surface area contributed by atoms with Gasteiger partial charge in [0.05, 0.1) is 11.7 Å². The molecule has 3 nitrogen and oxygen atoms in total. The van der Waals surface area contributed by atoms with E-state index in [1.54, 1.807) is 11.0 Å². The third kappa shape index (κ3) is 4.22. The molecule has 0 aromatic heterocycles. The van der Waals surface area contributed by atoms with E-state index in [1.165, 1.54) is 12.1 Å². The summed E-state index contributed by atoms with van der Waals surface area (Å²) in [6.45, 7) is 1.63. The van der Waals surface area contributed by atoms with Crippen molar-refractivity contribution in [1.29, 1.82) is 0 Å². The van der Waals surface area contributed by atoms with Crippen molar-refractivity contribution < 1.29 is 13.9 Å². The smallest absolute Gasteiger partial charge is 0.257 e. The van der Waals surface area contributed by atoms with E-state index in [0.29, 0.717) is 17.6 Å². The minimum atomic E-state index is -0.506. The Balaban J connectivity index is 1.84. The monoisotopic (exact) mass is 391 g/mol. The highest BCUT2D eigenvalue weighted by Crippen LogP contribution is 2.21. The molecule has 1 aliphatic heterocycles. The van der Waals surface area contributed by atoms with Crippen LogP contribution in [0.25, 0.3) is 0 Å². The second-order valence-electron chi connectivity index (χ2n) is 5.93. The highest BCUT2D eigenvalue weighted by molar-refractivity contribution is 9.10. The molecule has 1 heterocycles. The quantitative estimate of drug-likeness (QED) is 0.755. The van der Waals surface area contributed by atoms with Crippen molar-refractivity contribution in [2.24, 2.45) is 0 Å². The van der Waals surface area contributed by atoms with Gasteiger partial charge in [-0.15, -0.1) is 0 Å². The molecule has 1 unspecified atom stereocenters. The zero-order valence-electron chi connectivity index (χ0n) is 13.3. The summed E-state index contributed by atoms with van der Waals surface area (Å²) in [5.74, 6) is -0.818. The summed E-state index contributed by atoms with van der Waals surface area (Å²) in [7, 11) is 0. The maximum atomic E-state index is 14.1. The van der Waals surface area contributed by atoms with Gasteiger partial charge < -0.3 is 9.64 Å². The zero-order chi connectivity index (χ0) is 16.9. The van der Waals surface area contributed by atoms with Gasteiger partial charge in [-0.2, -0.15) is 0 Å². The van der Waals surface area contributed by atoms with Crippen LogP contribution in [0.1, 0.15) is 28.8 Å². The summed E-state index contributed by atoms with van der Waals surface area (Å²) in [5, 5.41) is 0. The molecule has 0 N–H and O–H groups in total. The standard InChI is InChI=1S/C19H19BrFNO2/c20-15-8-9-18(21)17(11-15)19(23)22(13-16-7-4-10-24-16)12-14-5-2-1-3-6-14/h1-3,5-6,8-9,11,16H,4,7,10,12-13H2. The highest BCUT2D eigenvalue weighted by Gasteiger charge is 2.25. The van der Waals surface area contributed by atoms with Gasteiger partial charge in [0, 0.05) is 24.2 Å². The maximum Gasteiger partial charge on any atom is 0.257 e. The summed E-state index contributed by atoms with van der Waals surface area (Å²) in [4.78, 5) is 14.6. The molecule has 1 fully saturated rings. The number of rotatable bonds is 5. The van der Waals surface area contributed by atoms with Crippen molar-refractivity contribution in [2.75, 3.05) is 13.2 Å². The lowest BCUT2D eigenvalue weighted by atomic mass is 10.1. The van der Waals surface area contributed by atoms with E-state index >= 15 is 0 Å². The fourth-order valence-corrected chi connectivity index (χ4v) is 3.25. The van der Waals surface area contributed by atoms with Gasteiger partial charge in [0.1, 0.15) is 5.82 Å².